The van der Waals surface area contributed by atoms with Crippen LogP contribution in [0.4, 0.5) is 10.5 Å². The molecular weight excluding hydrogens is 332 g/mol. The zero-order valence-corrected chi connectivity index (χ0v) is 14.6. The fraction of sp³-hybridized carbons (Fsp3) is 0.235. The zero-order chi connectivity index (χ0) is 16.8. The van der Waals surface area contributed by atoms with E-state index in [0.29, 0.717) is 16.5 Å². The van der Waals surface area contributed by atoms with Gasteiger partial charge in [0.25, 0.3) is 0 Å². The van der Waals surface area contributed by atoms with Crippen molar-refractivity contribution < 1.29 is 9.00 Å². The van der Waals surface area contributed by atoms with Gasteiger partial charge in [0, 0.05) is 33.5 Å². The summed E-state index contributed by atoms with van der Waals surface area (Å²) in [4.78, 5) is 12.2. The molecule has 0 aliphatic heterocycles. The summed E-state index contributed by atoms with van der Waals surface area (Å²) < 4.78 is 11.6. The average Bonchev–Trinajstić information content (AvgIpc) is 2.51. The molecule has 0 saturated heterocycles. The summed E-state index contributed by atoms with van der Waals surface area (Å²) in [7, 11) is -1.03. The molecule has 6 heteroatoms. The highest BCUT2D eigenvalue weighted by Gasteiger charge is 2.16. The van der Waals surface area contributed by atoms with E-state index in [9.17, 15) is 9.00 Å². The van der Waals surface area contributed by atoms with Gasteiger partial charge in [-0.3, -0.25) is 4.21 Å². The number of amides is 2. The van der Waals surface area contributed by atoms with Crippen LogP contribution in [-0.2, 0) is 10.8 Å². The molecule has 0 radical (unpaired) electrons. The molecule has 2 unspecified atom stereocenters. The molecule has 0 fully saturated rings. The van der Waals surface area contributed by atoms with Crippen molar-refractivity contribution in [2.75, 3.05) is 17.3 Å². The Morgan fingerprint density at radius 1 is 1.22 bits per heavy atom. The van der Waals surface area contributed by atoms with Crippen molar-refractivity contribution in [2.45, 2.75) is 13.0 Å². The lowest BCUT2D eigenvalue weighted by Crippen LogP contribution is -2.35. The van der Waals surface area contributed by atoms with Crippen molar-refractivity contribution in [1.82, 2.24) is 5.32 Å². The van der Waals surface area contributed by atoms with Crippen molar-refractivity contribution in [3.63, 3.8) is 0 Å². The number of carbonyl (C=O) groups excluding carboxylic acids is 1. The van der Waals surface area contributed by atoms with E-state index in [4.69, 9.17) is 11.6 Å². The van der Waals surface area contributed by atoms with Crippen molar-refractivity contribution in [2.24, 2.45) is 0 Å². The second kappa shape index (κ2) is 8.13. The molecule has 0 spiro atoms. The molecule has 2 atom stereocenters. The fourth-order valence-corrected chi connectivity index (χ4v) is 3.06. The molecule has 4 nitrogen and oxygen atoms in total. The second-order valence-corrected chi connectivity index (χ2v) is 7.15. The smallest absolute Gasteiger partial charge is 0.319 e. The zero-order valence-electron chi connectivity index (χ0n) is 13.0. The van der Waals surface area contributed by atoms with Crippen molar-refractivity contribution in [3.05, 3.63) is 64.7 Å². The summed E-state index contributed by atoms with van der Waals surface area (Å²) in [5, 5.41) is 6.21. The van der Waals surface area contributed by atoms with Gasteiger partial charge in [0.05, 0.1) is 6.04 Å². The van der Waals surface area contributed by atoms with E-state index in [1.165, 1.54) is 0 Å². The number of aryl methyl sites for hydroxylation is 1. The molecule has 0 heterocycles. The van der Waals surface area contributed by atoms with E-state index in [2.05, 4.69) is 10.6 Å². The van der Waals surface area contributed by atoms with E-state index >= 15 is 0 Å². The Kier molecular flexibility index (Phi) is 6.19. The van der Waals surface area contributed by atoms with Crippen LogP contribution in [-0.4, -0.2) is 22.2 Å². The first-order valence-electron chi connectivity index (χ1n) is 7.14. The summed E-state index contributed by atoms with van der Waals surface area (Å²) in [5.41, 5.74) is 2.48. The number of benzene rings is 2. The molecule has 0 saturated carbocycles. The first kappa shape index (κ1) is 17.5. The minimum Gasteiger partial charge on any atom is -0.330 e. The lowest BCUT2D eigenvalue weighted by molar-refractivity contribution is 0.249. The summed E-state index contributed by atoms with van der Waals surface area (Å²) in [6.45, 7) is 1.90. The number of hydrogen-bond donors (Lipinski definition) is 2. The van der Waals surface area contributed by atoms with Crippen LogP contribution in [0.15, 0.2) is 48.5 Å². The van der Waals surface area contributed by atoms with Crippen molar-refractivity contribution in [3.8, 4) is 0 Å². The largest absolute Gasteiger partial charge is 0.330 e. The standard InChI is InChI=1S/C17H19ClN2O2S/c1-12-8-9-14(10-15(12)18)19-17(21)20-16(11-23(2)22)13-6-4-3-5-7-13/h3-10,16H,11H2,1-2H3,(H2,19,20,21). The number of halogens is 1. The third-order valence-corrected chi connectivity index (χ3v) is 4.55. The molecular formula is C17H19ClN2O2S. The summed E-state index contributed by atoms with van der Waals surface area (Å²) in [5.74, 6) is 0.353. The maximum absolute atomic E-state index is 12.2. The number of anilines is 1. The second-order valence-electron chi connectivity index (χ2n) is 5.27. The van der Waals surface area contributed by atoms with Crippen molar-refractivity contribution >= 4 is 34.1 Å². The van der Waals surface area contributed by atoms with E-state index < -0.39 is 10.8 Å². The van der Waals surface area contributed by atoms with Gasteiger partial charge in [-0.15, -0.1) is 0 Å². The molecule has 23 heavy (non-hydrogen) atoms. The van der Waals surface area contributed by atoms with Gasteiger partial charge in [0.2, 0.25) is 0 Å². The molecule has 2 amide bonds. The Morgan fingerprint density at radius 3 is 2.52 bits per heavy atom. The highest BCUT2D eigenvalue weighted by Crippen LogP contribution is 2.20. The number of nitrogens with one attached hydrogen (secondary N) is 2. The SMILES string of the molecule is Cc1ccc(NC(=O)NC(CS(C)=O)c2ccccc2)cc1Cl. The predicted molar refractivity (Wildman–Crippen MR) is 96.5 cm³/mol. The topological polar surface area (TPSA) is 58.2 Å². The Labute approximate surface area is 143 Å². The molecule has 0 bridgehead atoms. The van der Waals surface area contributed by atoms with Gasteiger partial charge >= 0.3 is 6.03 Å². The van der Waals surface area contributed by atoms with Crippen molar-refractivity contribution in [1.29, 1.82) is 0 Å². The molecule has 2 rings (SSSR count). The maximum atomic E-state index is 12.2. The van der Waals surface area contributed by atoms with E-state index in [0.717, 1.165) is 11.1 Å². The van der Waals surface area contributed by atoms with Gasteiger partial charge < -0.3 is 10.6 Å². The Hall–Kier alpha value is -1.85. The quantitative estimate of drug-likeness (QED) is 0.859. The Bertz CT molecular complexity index is 707. The predicted octanol–water partition coefficient (Wildman–Crippen LogP) is 3.89. The molecule has 2 aromatic carbocycles. The van der Waals surface area contributed by atoms with Crippen LogP contribution in [0.1, 0.15) is 17.2 Å². The summed E-state index contributed by atoms with van der Waals surface area (Å²) >= 11 is 6.06. The third kappa shape index (κ3) is 5.37. The van der Waals surface area contributed by atoms with Crippen LogP contribution in [0.25, 0.3) is 0 Å². The Balaban J connectivity index is 2.08. The number of urea groups is 1. The molecule has 122 valence electrons. The molecule has 0 aliphatic carbocycles. The van der Waals surface area contributed by atoms with E-state index in [-0.39, 0.29) is 12.1 Å². The van der Waals surface area contributed by atoms with Gasteiger partial charge in [0.1, 0.15) is 0 Å². The molecule has 0 aromatic heterocycles. The number of carbonyl (C=O) groups is 1. The van der Waals surface area contributed by atoms with Crippen LogP contribution in [0.2, 0.25) is 5.02 Å². The number of rotatable bonds is 5. The van der Waals surface area contributed by atoms with Crippen LogP contribution in [0.5, 0.6) is 0 Å². The minimum atomic E-state index is -1.03. The maximum Gasteiger partial charge on any atom is 0.319 e. The van der Waals surface area contributed by atoms with Gasteiger partial charge in [0.15, 0.2) is 0 Å². The Morgan fingerprint density at radius 2 is 1.91 bits per heavy atom. The lowest BCUT2D eigenvalue weighted by atomic mass is 10.1. The first-order valence-corrected chi connectivity index (χ1v) is 9.25. The minimum absolute atomic E-state index is 0.317. The summed E-state index contributed by atoms with van der Waals surface area (Å²) in [6.07, 6.45) is 1.62. The van der Waals surface area contributed by atoms with Crippen LogP contribution >= 0.6 is 11.6 Å². The van der Waals surface area contributed by atoms with E-state index in [1.807, 2.05) is 43.3 Å². The summed E-state index contributed by atoms with van der Waals surface area (Å²) in [6, 6.07) is 14.1. The average molecular weight is 351 g/mol. The highest BCUT2D eigenvalue weighted by molar-refractivity contribution is 7.84. The van der Waals surface area contributed by atoms with Gasteiger partial charge in [-0.05, 0) is 30.2 Å². The fourth-order valence-electron chi connectivity index (χ4n) is 2.14. The van der Waals surface area contributed by atoms with Crippen LogP contribution in [0, 0.1) is 6.92 Å². The van der Waals surface area contributed by atoms with E-state index in [1.54, 1.807) is 18.4 Å². The lowest BCUT2D eigenvalue weighted by Gasteiger charge is -2.18. The highest BCUT2D eigenvalue weighted by atomic mass is 35.5. The van der Waals surface area contributed by atoms with Crippen LogP contribution < -0.4 is 10.6 Å². The normalized spacial score (nSPS) is 13.2. The molecule has 0 aliphatic rings. The van der Waals surface area contributed by atoms with Gasteiger partial charge in [-0.1, -0.05) is 48.0 Å². The number of hydrogen-bond acceptors (Lipinski definition) is 2. The van der Waals surface area contributed by atoms with Gasteiger partial charge in [-0.25, -0.2) is 4.79 Å². The van der Waals surface area contributed by atoms with Gasteiger partial charge in [-0.2, -0.15) is 0 Å². The molecule has 2 N–H and O–H groups in total. The van der Waals surface area contributed by atoms with Crippen LogP contribution in [0.3, 0.4) is 0 Å². The third-order valence-electron chi connectivity index (χ3n) is 3.34. The first-order chi connectivity index (χ1) is 11.0. The molecule has 2 aromatic rings. The monoisotopic (exact) mass is 350 g/mol.